The molecule has 0 fully saturated rings. The quantitative estimate of drug-likeness (QED) is 0.327. The minimum Gasteiger partial charge on any atom is -0.399 e. The number of hydrogen-bond acceptors (Lipinski definition) is 4. The standard InChI is InChI=1S/C9H14N2OS/c10-9-6-2-1-4-8(9)5-3-7-12-13-11/h1-2,4,6H,3,5,7,10-11H2. The second-order valence-electron chi connectivity index (χ2n) is 2.72. The first kappa shape index (κ1) is 10.4. The smallest absolute Gasteiger partial charge is 0.0758 e. The van der Waals surface area contributed by atoms with E-state index in [-0.39, 0.29) is 0 Å². The molecule has 1 aromatic carbocycles. The molecule has 0 saturated heterocycles. The Kier molecular flexibility index (Phi) is 4.67. The van der Waals surface area contributed by atoms with Crippen LogP contribution in [0, 0.1) is 0 Å². The van der Waals surface area contributed by atoms with Gasteiger partial charge in [0, 0.05) is 5.69 Å². The fourth-order valence-corrected chi connectivity index (χ4v) is 1.35. The van der Waals surface area contributed by atoms with Gasteiger partial charge in [-0.15, -0.1) is 0 Å². The molecule has 72 valence electrons. The fourth-order valence-electron chi connectivity index (χ4n) is 1.13. The molecule has 0 heterocycles. The van der Waals surface area contributed by atoms with Gasteiger partial charge >= 0.3 is 0 Å². The largest absolute Gasteiger partial charge is 0.399 e. The lowest BCUT2D eigenvalue weighted by Crippen LogP contribution is -1.97. The molecule has 0 unspecified atom stereocenters. The van der Waals surface area contributed by atoms with Crippen LogP contribution in [0.3, 0.4) is 0 Å². The number of nitrogen functional groups attached to an aromatic ring is 1. The van der Waals surface area contributed by atoms with Crippen molar-refractivity contribution in [1.82, 2.24) is 0 Å². The number of benzene rings is 1. The van der Waals surface area contributed by atoms with Crippen molar-refractivity contribution in [2.24, 2.45) is 5.14 Å². The van der Waals surface area contributed by atoms with Gasteiger partial charge in [0.1, 0.15) is 0 Å². The second kappa shape index (κ2) is 5.85. The molecular weight excluding hydrogens is 184 g/mol. The molecule has 0 aliphatic rings. The first-order valence-corrected chi connectivity index (χ1v) is 4.97. The van der Waals surface area contributed by atoms with Gasteiger partial charge in [-0.25, -0.2) is 0 Å². The summed E-state index contributed by atoms with van der Waals surface area (Å²) in [6.45, 7) is 0.662. The van der Waals surface area contributed by atoms with Crippen LogP contribution in [-0.2, 0) is 10.6 Å². The highest BCUT2D eigenvalue weighted by molar-refractivity contribution is 7.92. The molecule has 1 aromatic rings. The molecule has 0 spiro atoms. The monoisotopic (exact) mass is 198 g/mol. The lowest BCUT2D eigenvalue weighted by atomic mass is 10.1. The SMILES string of the molecule is NSOCCCc1ccccc1N. The molecule has 0 saturated carbocycles. The molecule has 0 atom stereocenters. The van der Waals surface area contributed by atoms with E-state index in [0.29, 0.717) is 6.61 Å². The van der Waals surface area contributed by atoms with Crippen molar-refractivity contribution in [3.63, 3.8) is 0 Å². The van der Waals surface area contributed by atoms with Gasteiger partial charge in [0.15, 0.2) is 0 Å². The summed E-state index contributed by atoms with van der Waals surface area (Å²) in [5.41, 5.74) is 7.79. The van der Waals surface area contributed by atoms with Gasteiger partial charge in [-0.1, -0.05) is 18.2 Å². The molecule has 0 aliphatic heterocycles. The van der Waals surface area contributed by atoms with Crippen LogP contribution in [0.1, 0.15) is 12.0 Å². The lowest BCUT2D eigenvalue weighted by molar-refractivity contribution is 0.365. The van der Waals surface area contributed by atoms with Gasteiger partial charge in [0.25, 0.3) is 0 Å². The Labute approximate surface area is 82.8 Å². The molecule has 4 N–H and O–H groups in total. The molecule has 4 heteroatoms. The number of hydrogen-bond donors (Lipinski definition) is 2. The first-order chi connectivity index (χ1) is 6.34. The normalized spacial score (nSPS) is 10.2. The molecule has 1 rings (SSSR count). The summed E-state index contributed by atoms with van der Waals surface area (Å²) in [5.74, 6) is 0. The van der Waals surface area contributed by atoms with Gasteiger partial charge < -0.3 is 9.92 Å². The van der Waals surface area contributed by atoms with Gasteiger partial charge in [0.05, 0.1) is 18.8 Å². The van der Waals surface area contributed by atoms with E-state index in [4.69, 9.17) is 15.1 Å². The number of para-hydroxylation sites is 1. The molecular formula is C9H14N2OS. The number of anilines is 1. The zero-order valence-corrected chi connectivity index (χ0v) is 8.22. The third-order valence-corrected chi connectivity index (χ3v) is 2.10. The first-order valence-electron chi connectivity index (χ1n) is 4.16. The number of nitrogens with two attached hydrogens (primary N) is 2. The maximum atomic E-state index is 5.76. The summed E-state index contributed by atoms with van der Waals surface area (Å²) in [7, 11) is 0. The minimum atomic E-state index is 0.662. The zero-order chi connectivity index (χ0) is 9.52. The number of aryl methyl sites for hydroxylation is 1. The Hall–Kier alpha value is -0.710. The van der Waals surface area contributed by atoms with E-state index in [1.165, 1.54) is 5.56 Å². The van der Waals surface area contributed by atoms with Crippen molar-refractivity contribution >= 4 is 17.9 Å². The van der Waals surface area contributed by atoms with Crippen LogP contribution in [-0.4, -0.2) is 6.61 Å². The third kappa shape index (κ3) is 3.67. The summed E-state index contributed by atoms with van der Waals surface area (Å²) in [5, 5.41) is 5.11. The average Bonchev–Trinajstić information content (AvgIpc) is 2.15. The van der Waals surface area contributed by atoms with E-state index in [9.17, 15) is 0 Å². The van der Waals surface area contributed by atoms with E-state index in [1.807, 2.05) is 24.3 Å². The van der Waals surface area contributed by atoms with Crippen LogP contribution in [0.15, 0.2) is 24.3 Å². The second-order valence-corrected chi connectivity index (χ2v) is 3.15. The molecule has 0 bridgehead atoms. The van der Waals surface area contributed by atoms with Crippen molar-refractivity contribution in [1.29, 1.82) is 0 Å². The van der Waals surface area contributed by atoms with Gasteiger partial charge in [0.2, 0.25) is 0 Å². The number of rotatable bonds is 5. The van der Waals surface area contributed by atoms with Crippen molar-refractivity contribution in [2.75, 3.05) is 12.3 Å². The van der Waals surface area contributed by atoms with Crippen LogP contribution in [0.4, 0.5) is 5.69 Å². The van der Waals surface area contributed by atoms with Crippen LogP contribution in [0.2, 0.25) is 0 Å². The Morgan fingerprint density at radius 3 is 2.77 bits per heavy atom. The predicted molar refractivity (Wildman–Crippen MR) is 56.9 cm³/mol. The highest BCUT2D eigenvalue weighted by Gasteiger charge is 1.96. The predicted octanol–water partition coefficient (Wildman–Crippen LogP) is 1.74. The zero-order valence-electron chi connectivity index (χ0n) is 7.40. The Bertz CT molecular complexity index is 255. The van der Waals surface area contributed by atoms with Crippen molar-refractivity contribution in [3.8, 4) is 0 Å². The summed E-state index contributed by atoms with van der Waals surface area (Å²) in [6.07, 6.45) is 1.88. The topological polar surface area (TPSA) is 61.3 Å². The summed E-state index contributed by atoms with van der Waals surface area (Å²) >= 11 is 0.910. The third-order valence-electron chi connectivity index (χ3n) is 1.80. The maximum Gasteiger partial charge on any atom is 0.0758 e. The van der Waals surface area contributed by atoms with Crippen LogP contribution in [0.25, 0.3) is 0 Å². The Balaban J connectivity index is 2.32. The summed E-state index contributed by atoms with van der Waals surface area (Å²) in [6, 6.07) is 7.87. The lowest BCUT2D eigenvalue weighted by Gasteiger charge is -2.04. The van der Waals surface area contributed by atoms with E-state index in [0.717, 1.165) is 30.8 Å². The summed E-state index contributed by atoms with van der Waals surface area (Å²) in [4.78, 5) is 0. The maximum absolute atomic E-state index is 5.76. The Morgan fingerprint density at radius 2 is 2.08 bits per heavy atom. The van der Waals surface area contributed by atoms with Gasteiger partial charge in [-0.05, 0) is 24.5 Å². The van der Waals surface area contributed by atoms with E-state index in [2.05, 4.69) is 0 Å². The molecule has 0 radical (unpaired) electrons. The van der Waals surface area contributed by atoms with Gasteiger partial charge in [-0.3, -0.25) is 5.14 Å². The molecule has 3 nitrogen and oxygen atoms in total. The van der Waals surface area contributed by atoms with Gasteiger partial charge in [-0.2, -0.15) is 0 Å². The van der Waals surface area contributed by atoms with E-state index < -0.39 is 0 Å². The highest BCUT2D eigenvalue weighted by atomic mass is 32.2. The van der Waals surface area contributed by atoms with Crippen LogP contribution >= 0.6 is 12.2 Å². The van der Waals surface area contributed by atoms with E-state index in [1.54, 1.807) is 0 Å². The molecule has 0 amide bonds. The average molecular weight is 198 g/mol. The molecule has 0 aromatic heterocycles. The fraction of sp³-hybridized carbons (Fsp3) is 0.333. The van der Waals surface area contributed by atoms with Crippen molar-refractivity contribution in [2.45, 2.75) is 12.8 Å². The van der Waals surface area contributed by atoms with Crippen molar-refractivity contribution < 1.29 is 4.18 Å². The highest BCUT2D eigenvalue weighted by Crippen LogP contribution is 2.12. The summed E-state index contributed by atoms with van der Waals surface area (Å²) < 4.78 is 4.95. The molecule has 13 heavy (non-hydrogen) atoms. The van der Waals surface area contributed by atoms with E-state index >= 15 is 0 Å². The molecule has 0 aliphatic carbocycles. The van der Waals surface area contributed by atoms with Crippen LogP contribution < -0.4 is 10.9 Å². The van der Waals surface area contributed by atoms with Crippen LogP contribution in [0.5, 0.6) is 0 Å². The van der Waals surface area contributed by atoms with Crippen molar-refractivity contribution in [3.05, 3.63) is 29.8 Å². The minimum absolute atomic E-state index is 0.662. The Morgan fingerprint density at radius 1 is 1.31 bits per heavy atom.